The molecule has 0 unspecified atom stereocenters. The van der Waals surface area contributed by atoms with Gasteiger partial charge in [0.15, 0.2) is 6.61 Å². The van der Waals surface area contributed by atoms with Gasteiger partial charge in [0, 0.05) is 17.1 Å². The highest BCUT2D eigenvalue weighted by molar-refractivity contribution is 7.07. The molecular weight excluding hydrogens is 414 g/mol. The van der Waals surface area contributed by atoms with Crippen LogP contribution in [0.5, 0.6) is 5.75 Å². The maximum atomic E-state index is 11.7. The molecule has 3 aromatic heterocycles. The van der Waals surface area contributed by atoms with Crippen LogP contribution >= 0.6 is 11.3 Å². The van der Waals surface area contributed by atoms with E-state index in [-0.39, 0.29) is 12.5 Å². The fourth-order valence-electron chi connectivity index (χ4n) is 3.10. The molecule has 31 heavy (non-hydrogen) atoms. The summed E-state index contributed by atoms with van der Waals surface area (Å²) in [5.41, 5.74) is 3.03. The first-order valence-electron chi connectivity index (χ1n) is 9.49. The number of anilines is 1. The zero-order chi connectivity index (χ0) is 21.2. The molecule has 154 valence electrons. The van der Waals surface area contributed by atoms with Gasteiger partial charge in [-0.3, -0.25) is 9.78 Å². The number of pyridine rings is 1. The highest BCUT2D eigenvalue weighted by atomic mass is 32.1. The summed E-state index contributed by atoms with van der Waals surface area (Å²) in [7, 11) is 0. The molecule has 4 aromatic rings. The Labute approximate surface area is 181 Å². The van der Waals surface area contributed by atoms with Crippen molar-refractivity contribution >= 4 is 34.8 Å². The third-order valence-electron chi connectivity index (χ3n) is 4.53. The number of rotatable bonds is 4. The van der Waals surface area contributed by atoms with Gasteiger partial charge in [0.1, 0.15) is 17.3 Å². The molecule has 0 aliphatic carbocycles. The molecule has 0 radical (unpaired) electrons. The number of nitrogens with one attached hydrogen (secondary N) is 1. The van der Waals surface area contributed by atoms with Crippen molar-refractivity contribution in [1.82, 2.24) is 9.66 Å². The molecule has 8 nitrogen and oxygen atoms in total. The Morgan fingerprint density at radius 1 is 1.26 bits per heavy atom. The molecule has 0 bridgehead atoms. The minimum atomic E-state index is -0.179. The first kappa shape index (κ1) is 19.0. The largest absolute Gasteiger partial charge is 0.482 e. The summed E-state index contributed by atoms with van der Waals surface area (Å²) >= 11 is 1.45. The van der Waals surface area contributed by atoms with Crippen molar-refractivity contribution in [3.05, 3.63) is 76.6 Å². The summed E-state index contributed by atoms with van der Waals surface area (Å²) in [5.74, 6) is 1.91. The Bertz CT molecular complexity index is 1350. The average Bonchev–Trinajstić information content (AvgIpc) is 3.38. The molecule has 0 saturated heterocycles. The van der Waals surface area contributed by atoms with Crippen molar-refractivity contribution in [2.24, 2.45) is 10.1 Å². The van der Waals surface area contributed by atoms with E-state index in [9.17, 15) is 4.79 Å². The third-order valence-corrected chi connectivity index (χ3v) is 5.34. The monoisotopic (exact) mass is 431 g/mol. The molecule has 4 heterocycles. The van der Waals surface area contributed by atoms with Crippen LogP contribution in [0.3, 0.4) is 0 Å². The summed E-state index contributed by atoms with van der Waals surface area (Å²) in [6, 6.07) is 13.1. The van der Waals surface area contributed by atoms with Gasteiger partial charge in [-0.15, -0.1) is 11.3 Å². The normalized spacial score (nSPS) is 13.8. The summed E-state index contributed by atoms with van der Waals surface area (Å²) in [6.07, 6.45) is 5.04. The maximum Gasteiger partial charge on any atom is 0.262 e. The topological polar surface area (TPSA) is 94.0 Å². The van der Waals surface area contributed by atoms with Gasteiger partial charge in [-0.25, -0.2) is 9.67 Å². The lowest BCUT2D eigenvalue weighted by Crippen LogP contribution is -2.25. The fraction of sp³-hybridized carbons (Fsp3) is 0.0909. The number of fused-ring (bicyclic) bond motifs is 1. The molecule has 1 amide bonds. The number of benzene rings is 1. The lowest BCUT2D eigenvalue weighted by atomic mass is 10.1. The zero-order valence-electron chi connectivity index (χ0n) is 16.5. The zero-order valence-corrected chi connectivity index (χ0v) is 17.3. The van der Waals surface area contributed by atoms with Crippen molar-refractivity contribution in [3.63, 3.8) is 0 Å². The van der Waals surface area contributed by atoms with E-state index in [2.05, 4.69) is 20.4 Å². The first-order chi connectivity index (χ1) is 15.2. The van der Waals surface area contributed by atoms with Crippen LogP contribution in [0.1, 0.15) is 11.5 Å². The quantitative estimate of drug-likeness (QED) is 0.495. The highest BCUT2D eigenvalue weighted by Crippen LogP contribution is 2.33. The molecule has 1 aromatic carbocycles. The Hall–Kier alpha value is -3.98. The lowest BCUT2D eigenvalue weighted by molar-refractivity contribution is -0.118. The first-order valence-corrected chi connectivity index (χ1v) is 10.4. The van der Waals surface area contributed by atoms with Crippen LogP contribution in [-0.2, 0) is 4.79 Å². The summed E-state index contributed by atoms with van der Waals surface area (Å²) in [6.45, 7) is 1.90. The van der Waals surface area contributed by atoms with Crippen molar-refractivity contribution in [1.29, 1.82) is 0 Å². The van der Waals surface area contributed by atoms with E-state index in [1.165, 1.54) is 11.3 Å². The number of hydrogen-bond acceptors (Lipinski definition) is 7. The smallest absolute Gasteiger partial charge is 0.262 e. The number of hydrogen-bond donors (Lipinski definition) is 1. The molecule has 0 fully saturated rings. The van der Waals surface area contributed by atoms with Gasteiger partial charge in [-0.2, -0.15) is 5.10 Å². The Morgan fingerprint density at radius 2 is 2.19 bits per heavy atom. The number of aryl methyl sites for hydroxylation is 1. The van der Waals surface area contributed by atoms with Gasteiger partial charge in [0.2, 0.25) is 4.80 Å². The molecule has 1 N–H and O–H groups in total. The van der Waals surface area contributed by atoms with Gasteiger partial charge >= 0.3 is 0 Å². The average molecular weight is 431 g/mol. The Kier molecular flexibility index (Phi) is 4.93. The van der Waals surface area contributed by atoms with E-state index in [1.54, 1.807) is 23.3 Å². The van der Waals surface area contributed by atoms with Crippen molar-refractivity contribution in [2.45, 2.75) is 6.92 Å². The molecule has 1 aliphatic rings. The molecule has 5 rings (SSSR count). The van der Waals surface area contributed by atoms with E-state index in [0.29, 0.717) is 22.0 Å². The molecule has 0 spiro atoms. The van der Waals surface area contributed by atoms with Crippen molar-refractivity contribution in [2.75, 3.05) is 11.9 Å². The van der Waals surface area contributed by atoms with E-state index < -0.39 is 0 Å². The van der Waals surface area contributed by atoms with Crippen molar-refractivity contribution < 1.29 is 13.9 Å². The number of amides is 1. The standard InChI is InChI=1S/C22H17N5O3S/c1-14-4-6-17(30-14)11-24-27-19(13-31-22(27)25-16-3-2-8-23-10-16)15-5-7-20-18(9-15)26-21(28)12-29-20/h2-11,13H,12H2,1H3,(H,26,28). The highest BCUT2D eigenvalue weighted by Gasteiger charge is 2.18. The third kappa shape index (κ3) is 4.03. The Morgan fingerprint density at radius 3 is 3.00 bits per heavy atom. The van der Waals surface area contributed by atoms with Crippen LogP contribution < -0.4 is 14.9 Å². The SMILES string of the molecule is Cc1ccc(C=Nn2c(-c3ccc4c(c3)NC(=O)CO4)csc2=Nc2cccnc2)o1. The number of furan rings is 1. The second-order valence-electron chi connectivity index (χ2n) is 6.78. The lowest BCUT2D eigenvalue weighted by Gasteiger charge is -2.18. The number of aromatic nitrogens is 2. The predicted molar refractivity (Wildman–Crippen MR) is 118 cm³/mol. The number of nitrogens with zero attached hydrogens (tertiary/aromatic N) is 4. The van der Waals surface area contributed by atoms with Crippen LogP contribution in [0, 0.1) is 6.92 Å². The van der Waals surface area contributed by atoms with Crippen LogP contribution in [0.15, 0.2) is 74.7 Å². The minimum Gasteiger partial charge on any atom is -0.482 e. The van der Waals surface area contributed by atoms with Gasteiger partial charge in [-0.05, 0) is 49.4 Å². The van der Waals surface area contributed by atoms with Crippen LogP contribution in [0.25, 0.3) is 11.3 Å². The van der Waals surface area contributed by atoms with Gasteiger partial charge in [0.05, 0.1) is 29.5 Å². The molecule has 0 saturated carbocycles. The summed E-state index contributed by atoms with van der Waals surface area (Å²) in [4.78, 5) is 21.2. The van der Waals surface area contributed by atoms with Gasteiger partial charge < -0.3 is 14.5 Å². The Balaban J connectivity index is 1.62. The number of thiazole rings is 1. The van der Waals surface area contributed by atoms with E-state index in [0.717, 1.165) is 22.7 Å². The summed E-state index contributed by atoms with van der Waals surface area (Å²) in [5, 5.41) is 9.43. The fourth-order valence-corrected chi connectivity index (χ4v) is 3.95. The van der Waals surface area contributed by atoms with Crippen LogP contribution in [0.4, 0.5) is 11.4 Å². The number of carbonyl (C=O) groups is 1. The molecule has 1 aliphatic heterocycles. The number of carbonyl (C=O) groups excluding carboxylic acids is 1. The maximum absolute atomic E-state index is 11.7. The van der Waals surface area contributed by atoms with Crippen LogP contribution in [0.2, 0.25) is 0 Å². The van der Waals surface area contributed by atoms with Crippen molar-refractivity contribution in [3.8, 4) is 17.0 Å². The van der Waals surface area contributed by atoms with Gasteiger partial charge in [-0.1, -0.05) is 0 Å². The van der Waals surface area contributed by atoms with Crippen LogP contribution in [-0.4, -0.2) is 28.4 Å². The second kappa shape index (κ2) is 8.04. The summed E-state index contributed by atoms with van der Waals surface area (Å²) < 4.78 is 12.8. The van der Waals surface area contributed by atoms with E-state index in [4.69, 9.17) is 9.15 Å². The molecule has 0 atom stereocenters. The minimum absolute atomic E-state index is 0.0196. The predicted octanol–water partition coefficient (Wildman–Crippen LogP) is 3.96. The van der Waals surface area contributed by atoms with Gasteiger partial charge in [0.25, 0.3) is 5.91 Å². The molecule has 9 heteroatoms. The van der Waals surface area contributed by atoms with E-state index >= 15 is 0 Å². The molecular formula is C22H17N5O3S. The second-order valence-corrected chi connectivity index (χ2v) is 7.62. The van der Waals surface area contributed by atoms with E-state index in [1.807, 2.05) is 54.8 Å². The number of ether oxygens (including phenoxy) is 1.